The van der Waals surface area contributed by atoms with Gasteiger partial charge in [0.2, 0.25) is 0 Å². The molecule has 1 N–H and O–H groups in total. The second-order valence-electron chi connectivity index (χ2n) is 8.11. The summed E-state index contributed by atoms with van der Waals surface area (Å²) in [6, 6.07) is 12.8. The van der Waals surface area contributed by atoms with Gasteiger partial charge in [0.15, 0.2) is 0 Å². The highest BCUT2D eigenvalue weighted by Gasteiger charge is 2.19. The number of aromatic nitrogens is 2. The van der Waals surface area contributed by atoms with E-state index in [9.17, 15) is 4.79 Å². The molecule has 1 saturated heterocycles. The van der Waals surface area contributed by atoms with Crippen LogP contribution >= 0.6 is 22.7 Å². The number of hydrogen-bond donors (Lipinski definition) is 1. The normalized spacial score (nSPS) is 15.5. The zero-order valence-corrected chi connectivity index (χ0v) is 19.8. The van der Waals surface area contributed by atoms with Gasteiger partial charge in [0.25, 0.3) is 5.56 Å². The van der Waals surface area contributed by atoms with E-state index in [-0.39, 0.29) is 11.6 Å². The Morgan fingerprint density at radius 3 is 2.69 bits per heavy atom. The van der Waals surface area contributed by atoms with E-state index < -0.39 is 0 Å². The third-order valence-electron chi connectivity index (χ3n) is 6.05. The fraction of sp³-hybridized carbons (Fsp3) is 0.333. The molecule has 4 aromatic rings. The van der Waals surface area contributed by atoms with Crippen molar-refractivity contribution in [2.75, 3.05) is 38.3 Å². The molecule has 5 rings (SSSR count). The van der Waals surface area contributed by atoms with Crippen molar-refractivity contribution in [3.8, 4) is 10.4 Å². The van der Waals surface area contributed by atoms with Crippen molar-refractivity contribution in [1.29, 1.82) is 0 Å². The Morgan fingerprint density at radius 2 is 1.97 bits per heavy atom. The Bertz CT molecular complexity index is 1240. The Labute approximate surface area is 195 Å². The van der Waals surface area contributed by atoms with E-state index in [4.69, 9.17) is 9.72 Å². The van der Waals surface area contributed by atoms with Gasteiger partial charge >= 0.3 is 0 Å². The monoisotopic (exact) mass is 466 g/mol. The maximum absolute atomic E-state index is 12.9. The Kier molecular flexibility index (Phi) is 6.10. The second-order valence-corrected chi connectivity index (χ2v) is 9.92. The summed E-state index contributed by atoms with van der Waals surface area (Å²) < 4.78 is 5.44. The summed E-state index contributed by atoms with van der Waals surface area (Å²) in [5.41, 5.74) is 3.38. The number of aromatic amines is 1. The minimum absolute atomic E-state index is 0.0155. The lowest BCUT2D eigenvalue weighted by atomic mass is 10.1. The average Bonchev–Trinajstić information content (AvgIpc) is 3.49. The summed E-state index contributed by atoms with van der Waals surface area (Å²) in [6.07, 6.45) is 0. The third kappa shape index (κ3) is 4.23. The zero-order chi connectivity index (χ0) is 22.1. The van der Waals surface area contributed by atoms with Crippen molar-refractivity contribution in [2.24, 2.45) is 0 Å². The van der Waals surface area contributed by atoms with E-state index in [1.807, 2.05) is 22.9 Å². The van der Waals surface area contributed by atoms with Gasteiger partial charge in [-0.2, -0.15) is 0 Å². The number of fused-ring (bicyclic) bond motifs is 1. The van der Waals surface area contributed by atoms with Gasteiger partial charge in [-0.05, 0) is 43.1 Å². The molecule has 1 fully saturated rings. The first-order valence-electron chi connectivity index (χ1n) is 10.8. The molecule has 8 heteroatoms. The molecule has 0 amide bonds. The van der Waals surface area contributed by atoms with E-state index in [0.29, 0.717) is 11.2 Å². The summed E-state index contributed by atoms with van der Waals surface area (Å²) in [5.74, 6) is 0.703. The molecular formula is C24H26N4O2S2. The van der Waals surface area contributed by atoms with Gasteiger partial charge < -0.3 is 14.6 Å². The SMILES string of the molecule is CC(c1nc2scc(-c3cccs3)c2c(=O)[nH]1)N(C)Cc1ccc(N2CCOCC2)cc1. The molecule has 1 aromatic carbocycles. The summed E-state index contributed by atoms with van der Waals surface area (Å²) in [6.45, 7) is 6.31. The minimum Gasteiger partial charge on any atom is -0.378 e. The molecule has 3 aromatic heterocycles. The van der Waals surface area contributed by atoms with Crippen molar-refractivity contribution in [3.63, 3.8) is 0 Å². The number of rotatable bonds is 6. The average molecular weight is 467 g/mol. The van der Waals surface area contributed by atoms with Crippen LogP contribution in [0.5, 0.6) is 0 Å². The van der Waals surface area contributed by atoms with Crippen molar-refractivity contribution in [2.45, 2.75) is 19.5 Å². The van der Waals surface area contributed by atoms with Gasteiger partial charge in [-0.3, -0.25) is 9.69 Å². The van der Waals surface area contributed by atoms with Crippen LogP contribution in [0, 0.1) is 0 Å². The van der Waals surface area contributed by atoms with Crippen LogP contribution in [-0.4, -0.2) is 48.2 Å². The number of hydrogen-bond acceptors (Lipinski definition) is 7. The topological polar surface area (TPSA) is 61.5 Å². The van der Waals surface area contributed by atoms with E-state index in [1.165, 1.54) is 22.6 Å². The van der Waals surface area contributed by atoms with Crippen molar-refractivity contribution < 1.29 is 4.74 Å². The van der Waals surface area contributed by atoms with E-state index in [1.54, 1.807) is 11.3 Å². The van der Waals surface area contributed by atoms with Gasteiger partial charge in [0.05, 0.1) is 24.6 Å². The fourth-order valence-electron chi connectivity index (χ4n) is 4.04. The van der Waals surface area contributed by atoms with E-state index in [2.05, 4.69) is 53.0 Å². The fourth-order valence-corrected chi connectivity index (χ4v) is 5.81. The standard InChI is InChI=1S/C24H26N4O2S2/c1-16(27(2)14-17-5-7-18(8-6-17)28-9-11-30-12-10-28)22-25-23(29)21-19(15-32-24(21)26-22)20-4-3-13-31-20/h3-8,13,15-16H,9-12,14H2,1-2H3,(H,25,26,29). The summed E-state index contributed by atoms with van der Waals surface area (Å²) >= 11 is 3.17. The van der Waals surface area contributed by atoms with Gasteiger partial charge in [0, 0.05) is 41.1 Å². The number of thiophene rings is 2. The van der Waals surface area contributed by atoms with Crippen LogP contribution in [0.1, 0.15) is 24.4 Å². The summed E-state index contributed by atoms with van der Waals surface area (Å²) in [7, 11) is 2.07. The number of H-pyrrole nitrogens is 1. The molecule has 4 heterocycles. The molecule has 1 aliphatic heterocycles. The molecule has 1 unspecified atom stereocenters. The van der Waals surface area contributed by atoms with Gasteiger partial charge in [-0.25, -0.2) is 4.98 Å². The first-order chi connectivity index (χ1) is 15.6. The Balaban J connectivity index is 1.32. The Morgan fingerprint density at radius 1 is 1.19 bits per heavy atom. The third-order valence-corrected chi connectivity index (χ3v) is 7.83. The van der Waals surface area contributed by atoms with Crippen molar-refractivity contribution in [1.82, 2.24) is 14.9 Å². The lowest BCUT2D eigenvalue weighted by Gasteiger charge is -2.29. The highest BCUT2D eigenvalue weighted by Crippen LogP contribution is 2.34. The Hall–Kier alpha value is -2.52. The molecule has 166 valence electrons. The smallest absolute Gasteiger partial charge is 0.260 e. The highest BCUT2D eigenvalue weighted by molar-refractivity contribution is 7.18. The number of nitrogens with one attached hydrogen (secondary N) is 1. The number of morpholine rings is 1. The molecule has 0 aliphatic carbocycles. The van der Waals surface area contributed by atoms with E-state index in [0.717, 1.165) is 48.1 Å². The first-order valence-corrected chi connectivity index (χ1v) is 12.5. The summed E-state index contributed by atoms with van der Waals surface area (Å²) in [4.78, 5) is 27.2. The van der Waals surface area contributed by atoms with Crippen molar-refractivity contribution >= 4 is 38.6 Å². The predicted octanol–water partition coefficient (Wildman–Crippen LogP) is 4.74. The number of benzene rings is 1. The van der Waals surface area contributed by atoms with Crippen LogP contribution in [0.2, 0.25) is 0 Å². The van der Waals surface area contributed by atoms with Crippen LogP contribution in [0.4, 0.5) is 5.69 Å². The van der Waals surface area contributed by atoms with Gasteiger partial charge in [0.1, 0.15) is 10.7 Å². The maximum atomic E-state index is 12.9. The number of anilines is 1. The van der Waals surface area contributed by atoms with Gasteiger partial charge in [-0.15, -0.1) is 22.7 Å². The maximum Gasteiger partial charge on any atom is 0.260 e. The molecule has 0 spiro atoms. The molecule has 0 radical (unpaired) electrons. The number of nitrogens with zero attached hydrogens (tertiary/aromatic N) is 3. The molecule has 32 heavy (non-hydrogen) atoms. The first kappa shape index (κ1) is 21.3. The molecule has 0 bridgehead atoms. The van der Waals surface area contributed by atoms with E-state index >= 15 is 0 Å². The quantitative estimate of drug-likeness (QED) is 0.445. The molecular weight excluding hydrogens is 440 g/mol. The highest BCUT2D eigenvalue weighted by atomic mass is 32.1. The lowest BCUT2D eigenvalue weighted by Crippen LogP contribution is -2.36. The van der Waals surface area contributed by atoms with Crippen LogP contribution in [0.3, 0.4) is 0 Å². The largest absolute Gasteiger partial charge is 0.378 e. The second kappa shape index (κ2) is 9.15. The molecule has 1 aliphatic rings. The van der Waals surface area contributed by atoms with Crippen molar-refractivity contribution in [3.05, 3.63) is 68.9 Å². The lowest BCUT2D eigenvalue weighted by molar-refractivity contribution is 0.122. The molecule has 1 atom stereocenters. The molecule has 0 saturated carbocycles. The summed E-state index contributed by atoms with van der Waals surface area (Å²) in [5, 5.41) is 4.75. The van der Waals surface area contributed by atoms with Crippen LogP contribution in [0.25, 0.3) is 20.7 Å². The molecule has 6 nitrogen and oxygen atoms in total. The predicted molar refractivity (Wildman–Crippen MR) is 133 cm³/mol. The number of ether oxygens (including phenoxy) is 1. The van der Waals surface area contributed by atoms with Crippen LogP contribution in [0.15, 0.2) is 52.0 Å². The minimum atomic E-state index is -0.0650. The van der Waals surface area contributed by atoms with Crippen LogP contribution in [-0.2, 0) is 11.3 Å². The van der Waals surface area contributed by atoms with Gasteiger partial charge in [-0.1, -0.05) is 18.2 Å². The van der Waals surface area contributed by atoms with Crippen LogP contribution < -0.4 is 10.5 Å². The zero-order valence-electron chi connectivity index (χ0n) is 18.2.